The van der Waals surface area contributed by atoms with Gasteiger partial charge in [0.2, 0.25) is 5.95 Å². The van der Waals surface area contributed by atoms with E-state index in [1.807, 2.05) is 0 Å². The number of fused-ring (bicyclic) bond motifs is 1. The predicted molar refractivity (Wildman–Crippen MR) is 110 cm³/mol. The molecule has 0 aliphatic carbocycles. The zero-order valence-corrected chi connectivity index (χ0v) is 16.7. The third-order valence-electron chi connectivity index (χ3n) is 5.32. The molecule has 0 saturated carbocycles. The van der Waals surface area contributed by atoms with Gasteiger partial charge in [0.1, 0.15) is 12.4 Å². The van der Waals surface area contributed by atoms with Crippen LogP contribution >= 0.6 is 0 Å². The highest BCUT2D eigenvalue weighted by atomic mass is 16.6. The molecule has 0 unspecified atom stereocenters. The van der Waals surface area contributed by atoms with Gasteiger partial charge in [0.15, 0.2) is 0 Å². The van der Waals surface area contributed by atoms with E-state index in [1.54, 1.807) is 13.0 Å². The second-order valence-electron chi connectivity index (χ2n) is 7.40. The summed E-state index contributed by atoms with van der Waals surface area (Å²) >= 11 is 0. The van der Waals surface area contributed by atoms with Crippen molar-refractivity contribution in [2.75, 3.05) is 24.3 Å². The maximum atomic E-state index is 13.1. The smallest absolute Gasteiger partial charge is 0.336 e. The van der Waals surface area contributed by atoms with Crippen molar-refractivity contribution in [3.05, 3.63) is 67.1 Å². The van der Waals surface area contributed by atoms with Crippen molar-refractivity contribution in [1.82, 2.24) is 9.97 Å². The number of aromatic nitrogens is 2. The van der Waals surface area contributed by atoms with Crippen LogP contribution in [0, 0.1) is 10.1 Å². The highest BCUT2D eigenvalue weighted by Crippen LogP contribution is 2.40. The number of hydrogen-bond donors (Lipinski definition) is 3. The molecule has 3 heterocycles. The van der Waals surface area contributed by atoms with Gasteiger partial charge in [-0.25, -0.2) is 4.79 Å². The number of esters is 1. The molecule has 1 fully saturated rings. The van der Waals surface area contributed by atoms with E-state index in [1.165, 1.54) is 18.2 Å². The van der Waals surface area contributed by atoms with Crippen molar-refractivity contribution in [3.63, 3.8) is 0 Å². The molecule has 0 spiro atoms. The van der Waals surface area contributed by atoms with Crippen LogP contribution in [0.15, 0.2) is 40.3 Å². The summed E-state index contributed by atoms with van der Waals surface area (Å²) in [5, 5.41) is 14.2. The number of nitrogens with zero attached hydrogens (tertiary/aromatic N) is 2. The highest BCUT2D eigenvalue weighted by molar-refractivity contribution is 5.94. The number of anilines is 2. The largest absolute Gasteiger partial charge is 0.459 e. The van der Waals surface area contributed by atoms with Crippen LogP contribution < -0.4 is 16.6 Å². The molecule has 162 valence electrons. The Morgan fingerprint density at radius 2 is 2.26 bits per heavy atom. The minimum absolute atomic E-state index is 0.0838. The second-order valence-corrected chi connectivity index (χ2v) is 7.40. The van der Waals surface area contributed by atoms with E-state index in [0.717, 1.165) is 12.8 Å². The lowest BCUT2D eigenvalue weighted by molar-refractivity contribution is -0.384. The second kappa shape index (κ2) is 8.19. The Balaban J connectivity index is 1.79. The first kappa shape index (κ1) is 20.5. The van der Waals surface area contributed by atoms with Gasteiger partial charge in [0, 0.05) is 24.4 Å². The van der Waals surface area contributed by atoms with Gasteiger partial charge in [0.25, 0.3) is 11.2 Å². The Kier molecular flexibility index (Phi) is 5.42. The molecular formula is C20H21N5O6. The Labute approximate surface area is 176 Å². The number of hydrogen-bond acceptors (Lipinski definition) is 9. The SMILES string of the molecule is CC1=C(C(=O)OC[C@@H]2CCCO2)[C@@H](c2cccc([N+](=O)[O-])c2)c2c(nc(N)[nH]c2=O)N1. The number of allylic oxidation sites excluding steroid dienone is 1. The number of nitrogens with one attached hydrogen (secondary N) is 2. The van der Waals surface area contributed by atoms with Crippen molar-refractivity contribution in [2.45, 2.75) is 31.8 Å². The van der Waals surface area contributed by atoms with Gasteiger partial charge < -0.3 is 20.5 Å². The van der Waals surface area contributed by atoms with Crippen LogP contribution in [0.25, 0.3) is 0 Å². The Hall–Kier alpha value is -3.73. The van der Waals surface area contributed by atoms with E-state index in [2.05, 4.69) is 15.3 Å². The van der Waals surface area contributed by atoms with Gasteiger partial charge in [-0.2, -0.15) is 4.98 Å². The maximum absolute atomic E-state index is 13.1. The summed E-state index contributed by atoms with van der Waals surface area (Å²) in [4.78, 5) is 43.2. The van der Waals surface area contributed by atoms with E-state index in [0.29, 0.717) is 17.9 Å². The number of rotatable bonds is 5. The van der Waals surface area contributed by atoms with Crippen molar-refractivity contribution in [2.24, 2.45) is 0 Å². The number of nitrogen functional groups attached to an aromatic ring is 1. The molecule has 0 radical (unpaired) electrons. The third kappa shape index (κ3) is 3.99. The van der Waals surface area contributed by atoms with Gasteiger partial charge in [-0.15, -0.1) is 0 Å². The average Bonchev–Trinajstić information content (AvgIpc) is 3.24. The monoisotopic (exact) mass is 427 g/mol. The lowest BCUT2D eigenvalue weighted by atomic mass is 9.82. The van der Waals surface area contributed by atoms with Gasteiger partial charge in [-0.3, -0.25) is 19.9 Å². The molecule has 1 saturated heterocycles. The number of non-ortho nitro benzene ring substituents is 1. The number of carbonyl (C=O) groups is 1. The number of aromatic amines is 1. The summed E-state index contributed by atoms with van der Waals surface area (Å²) in [5.74, 6) is -1.47. The van der Waals surface area contributed by atoms with Crippen molar-refractivity contribution < 1.29 is 19.2 Å². The van der Waals surface area contributed by atoms with E-state index in [9.17, 15) is 19.7 Å². The fourth-order valence-corrected chi connectivity index (χ4v) is 3.91. The quantitative estimate of drug-likeness (QED) is 0.367. The van der Waals surface area contributed by atoms with E-state index < -0.39 is 22.4 Å². The molecule has 2 atom stereocenters. The Morgan fingerprint density at radius 1 is 1.45 bits per heavy atom. The number of nitrogens with two attached hydrogens (primary N) is 1. The Bertz CT molecular complexity index is 1140. The van der Waals surface area contributed by atoms with Gasteiger partial charge in [-0.05, 0) is 25.3 Å². The van der Waals surface area contributed by atoms with E-state index in [-0.39, 0.29) is 41.3 Å². The lowest BCUT2D eigenvalue weighted by Crippen LogP contribution is -2.32. The number of ether oxygens (including phenoxy) is 2. The molecule has 2 aromatic rings. The van der Waals surface area contributed by atoms with Gasteiger partial charge in [0.05, 0.1) is 28.1 Å². The molecule has 1 aromatic carbocycles. The zero-order valence-electron chi connectivity index (χ0n) is 16.7. The van der Waals surface area contributed by atoms with Crippen molar-refractivity contribution >= 4 is 23.4 Å². The van der Waals surface area contributed by atoms with Crippen molar-refractivity contribution in [3.8, 4) is 0 Å². The maximum Gasteiger partial charge on any atom is 0.336 e. The standard InChI is InChI=1S/C20H21N5O6/c1-10-14(19(27)31-9-13-6-3-7-30-13)15(11-4-2-5-12(8-11)25(28)29)16-17(22-10)23-20(21)24-18(16)26/h2,4-5,8,13,15H,3,6-7,9H2,1H3,(H4,21,22,23,24,26)/t13-,15+/m0/s1. The molecule has 4 N–H and O–H groups in total. The molecule has 11 heteroatoms. The van der Waals surface area contributed by atoms with Gasteiger partial charge >= 0.3 is 5.97 Å². The minimum Gasteiger partial charge on any atom is -0.459 e. The molecule has 2 aliphatic heterocycles. The van der Waals surface area contributed by atoms with E-state index in [4.69, 9.17) is 15.2 Å². The lowest BCUT2D eigenvalue weighted by Gasteiger charge is -2.28. The molecule has 1 aromatic heterocycles. The summed E-state index contributed by atoms with van der Waals surface area (Å²) in [7, 11) is 0. The number of nitro groups is 1. The zero-order chi connectivity index (χ0) is 22.1. The van der Waals surface area contributed by atoms with Crippen LogP contribution in [-0.2, 0) is 14.3 Å². The molecule has 0 amide bonds. The van der Waals surface area contributed by atoms with Crippen LogP contribution in [0.4, 0.5) is 17.5 Å². The minimum atomic E-state index is -0.926. The van der Waals surface area contributed by atoms with Gasteiger partial charge in [-0.1, -0.05) is 12.1 Å². The first-order valence-corrected chi connectivity index (χ1v) is 9.75. The topological polar surface area (TPSA) is 162 Å². The third-order valence-corrected chi connectivity index (χ3v) is 5.32. The number of benzene rings is 1. The van der Waals surface area contributed by atoms with E-state index >= 15 is 0 Å². The number of H-pyrrole nitrogens is 1. The number of carbonyl (C=O) groups excluding carboxylic acids is 1. The molecular weight excluding hydrogens is 406 g/mol. The Morgan fingerprint density at radius 3 is 2.97 bits per heavy atom. The molecule has 4 rings (SSSR count). The van der Waals surface area contributed by atoms with Crippen LogP contribution in [0.2, 0.25) is 0 Å². The van der Waals surface area contributed by atoms with Crippen molar-refractivity contribution in [1.29, 1.82) is 0 Å². The first-order valence-electron chi connectivity index (χ1n) is 9.75. The van der Waals surface area contributed by atoms with Crippen LogP contribution in [-0.4, -0.2) is 40.2 Å². The van der Waals surface area contributed by atoms with Crippen LogP contribution in [0.5, 0.6) is 0 Å². The normalized spacial score (nSPS) is 20.2. The predicted octanol–water partition coefficient (Wildman–Crippen LogP) is 1.81. The summed E-state index contributed by atoms with van der Waals surface area (Å²) < 4.78 is 11.0. The molecule has 2 aliphatic rings. The molecule has 31 heavy (non-hydrogen) atoms. The van der Waals surface area contributed by atoms with Crippen LogP contribution in [0.1, 0.15) is 36.8 Å². The highest BCUT2D eigenvalue weighted by Gasteiger charge is 2.37. The van der Waals surface area contributed by atoms with Crippen LogP contribution in [0.3, 0.4) is 0 Å². The number of nitro benzene ring substituents is 1. The summed E-state index contributed by atoms with van der Waals surface area (Å²) in [6.07, 6.45) is 1.52. The average molecular weight is 427 g/mol. The summed E-state index contributed by atoms with van der Waals surface area (Å²) in [6.45, 7) is 2.35. The summed E-state index contributed by atoms with van der Waals surface area (Å²) in [6, 6.07) is 5.78. The fourth-order valence-electron chi connectivity index (χ4n) is 3.91. The molecule has 11 nitrogen and oxygen atoms in total. The fraction of sp³-hybridized carbons (Fsp3) is 0.350. The summed E-state index contributed by atoms with van der Waals surface area (Å²) in [5.41, 5.74) is 6.05. The molecule has 0 bridgehead atoms. The first-order chi connectivity index (χ1) is 14.8.